The second-order valence-electron chi connectivity index (χ2n) is 9.41. The van der Waals surface area contributed by atoms with Crippen LogP contribution in [-0.4, -0.2) is 29.9 Å². The summed E-state index contributed by atoms with van der Waals surface area (Å²) in [5.74, 6) is 1.06. The zero-order chi connectivity index (χ0) is 29.3. The van der Waals surface area contributed by atoms with Gasteiger partial charge in [0.05, 0.1) is 11.4 Å². The van der Waals surface area contributed by atoms with Crippen molar-refractivity contribution in [3.8, 4) is 22.5 Å². The molecular weight excluding hydrogens is 524 g/mol. The van der Waals surface area contributed by atoms with E-state index >= 15 is 0 Å². The van der Waals surface area contributed by atoms with Gasteiger partial charge in [-0.1, -0.05) is 12.1 Å². The number of nitrogens with two attached hydrogens (primary N) is 2. The number of rotatable bonds is 6. The van der Waals surface area contributed by atoms with E-state index in [1.807, 2.05) is 86.6 Å². The van der Waals surface area contributed by atoms with E-state index in [4.69, 9.17) is 11.5 Å². The molecular formula is C32H30N10. The van der Waals surface area contributed by atoms with Gasteiger partial charge in [-0.15, -0.1) is 0 Å². The van der Waals surface area contributed by atoms with Crippen LogP contribution < -0.4 is 22.1 Å². The van der Waals surface area contributed by atoms with Crippen molar-refractivity contribution in [1.82, 2.24) is 29.9 Å². The van der Waals surface area contributed by atoms with Gasteiger partial charge >= 0.3 is 0 Å². The van der Waals surface area contributed by atoms with Gasteiger partial charge < -0.3 is 22.1 Å². The molecule has 0 radical (unpaired) electrons. The monoisotopic (exact) mass is 554 g/mol. The second kappa shape index (κ2) is 13.0. The van der Waals surface area contributed by atoms with Crippen LogP contribution in [0.1, 0.15) is 11.1 Å². The Morgan fingerprint density at radius 1 is 0.548 bits per heavy atom. The lowest BCUT2D eigenvalue weighted by atomic mass is 10.2. The molecule has 42 heavy (non-hydrogen) atoms. The summed E-state index contributed by atoms with van der Waals surface area (Å²) in [6, 6.07) is 22.8. The minimum Gasteiger partial charge on any atom is -0.399 e. The van der Waals surface area contributed by atoms with Gasteiger partial charge in [-0.2, -0.15) is 0 Å². The quantitative estimate of drug-likeness (QED) is 0.171. The number of aryl methyl sites for hydroxylation is 2. The molecule has 0 unspecified atom stereocenters. The molecule has 0 atom stereocenters. The Kier molecular flexibility index (Phi) is 8.54. The van der Waals surface area contributed by atoms with E-state index in [1.165, 1.54) is 0 Å². The van der Waals surface area contributed by atoms with Crippen LogP contribution in [0.15, 0.2) is 110 Å². The highest BCUT2D eigenvalue weighted by Gasteiger charge is 2.06. The molecule has 0 bridgehead atoms. The van der Waals surface area contributed by atoms with Gasteiger partial charge in [-0.05, 0) is 85.6 Å². The largest absolute Gasteiger partial charge is 0.399 e. The first-order valence-corrected chi connectivity index (χ1v) is 13.2. The molecule has 208 valence electrons. The fourth-order valence-electron chi connectivity index (χ4n) is 3.98. The fourth-order valence-corrected chi connectivity index (χ4v) is 3.98. The van der Waals surface area contributed by atoms with Gasteiger partial charge in [0.2, 0.25) is 11.9 Å². The van der Waals surface area contributed by atoms with Crippen molar-refractivity contribution < 1.29 is 0 Å². The normalized spacial score (nSPS) is 10.3. The number of nitrogens with one attached hydrogen (secondary N) is 2. The van der Waals surface area contributed by atoms with E-state index in [0.29, 0.717) is 23.3 Å². The van der Waals surface area contributed by atoms with E-state index in [-0.39, 0.29) is 0 Å². The van der Waals surface area contributed by atoms with E-state index in [2.05, 4.69) is 40.5 Å². The van der Waals surface area contributed by atoms with Crippen molar-refractivity contribution in [2.75, 3.05) is 22.1 Å². The molecule has 0 fully saturated rings. The number of anilines is 6. The predicted octanol–water partition coefficient (Wildman–Crippen LogP) is 6.35. The first-order chi connectivity index (χ1) is 20.4. The maximum Gasteiger partial charge on any atom is 0.227 e. The Morgan fingerprint density at radius 3 is 1.40 bits per heavy atom. The molecule has 0 saturated heterocycles. The van der Waals surface area contributed by atoms with Gasteiger partial charge in [0.1, 0.15) is 0 Å². The molecule has 6 N–H and O–H groups in total. The van der Waals surface area contributed by atoms with Crippen molar-refractivity contribution in [2.24, 2.45) is 0 Å². The zero-order valence-corrected chi connectivity index (χ0v) is 23.2. The smallest absolute Gasteiger partial charge is 0.227 e. The Morgan fingerprint density at radius 2 is 1.00 bits per heavy atom. The number of hydrogen-bond donors (Lipinski definition) is 4. The predicted molar refractivity (Wildman–Crippen MR) is 168 cm³/mol. The second-order valence-corrected chi connectivity index (χ2v) is 9.41. The highest BCUT2D eigenvalue weighted by molar-refractivity contribution is 5.67. The molecule has 6 rings (SSSR count). The summed E-state index contributed by atoms with van der Waals surface area (Å²) in [5, 5.41) is 6.40. The van der Waals surface area contributed by atoms with Gasteiger partial charge in [-0.3, -0.25) is 9.97 Å². The number of nitrogen functional groups attached to an aromatic ring is 2. The third-order valence-electron chi connectivity index (χ3n) is 6.24. The number of aromatic nitrogens is 6. The molecule has 10 heteroatoms. The average Bonchev–Trinajstić information content (AvgIpc) is 3.02. The Hall–Kier alpha value is -5.90. The van der Waals surface area contributed by atoms with Crippen LogP contribution >= 0.6 is 0 Å². The summed E-state index contributed by atoms with van der Waals surface area (Å²) in [7, 11) is 0. The Bertz CT molecular complexity index is 1640. The lowest BCUT2D eigenvalue weighted by Gasteiger charge is -2.09. The standard InChI is InChI=1S/2C16H15N5/c2*1-11-4-5-13(17)9-15(11)21-16-19-8-6-14(20-16)12-3-2-7-18-10-12/h2*2-10H,17H2,1H3,(H,19,20,21). The molecule has 2 aromatic carbocycles. The molecule has 0 amide bonds. The summed E-state index contributed by atoms with van der Waals surface area (Å²) < 4.78 is 0. The molecule has 0 aliphatic rings. The van der Waals surface area contributed by atoms with Crippen molar-refractivity contribution in [2.45, 2.75) is 13.8 Å². The highest BCUT2D eigenvalue weighted by atomic mass is 15.1. The van der Waals surface area contributed by atoms with Crippen molar-refractivity contribution in [3.63, 3.8) is 0 Å². The van der Waals surface area contributed by atoms with Gasteiger partial charge in [0.25, 0.3) is 0 Å². The van der Waals surface area contributed by atoms with Gasteiger partial charge in [0.15, 0.2) is 0 Å². The summed E-state index contributed by atoms with van der Waals surface area (Å²) in [6.07, 6.45) is 10.5. The van der Waals surface area contributed by atoms with Crippen LogP contribution in [0.2, 0.25) is 0 Å². The molecule has 4 heterocycles. The fraction of sp³-hybridized carbons (Fsp3) is 0.0625. The van der Waals surface area contributed by atoms with E-state index in [9.17, 15) is 0 Å². The number of pyridine rings is 2. The summed E-state index contributed by atoms with van der Waals surface area (Å²) >= 11 is 0. The lowest BCUT2D eigenvalue weighted by molar-refractivity contribution is 1.16. The first kappa shape index (κ1) is 27.7. The van der Waals surface area contributed by atoms with Crippen molar-refractivity contribution in [1.29, 1.82) is 0 Å². The maximum atomic E-state index is 5.81. The molecule has 6 aromatic rings. The van der Waals surface area contributed by atoms with Crippen LogP contribution in [0.3, 0.4) is 0 Å². The number of hydrogen-bond acceptors (Lipinski definition) is 10. The minimum absolute atomic E-state index is 0.532. The summed E-state index contributed by atoms with van der Waals surface area (Å²) in [4.78, 5) is 25.7. The molecule has 0 spiro atoms. The topological polar surface area (TPSA) is 153 Å². The molecule has 10 nitrogen and oxygen atoms in total. The summed E-state index contributed by atoms with van der Waals surface area (Å²) in [5.41, 5.74) is 20.5. The van der Waals surface area contributed by atoms with Crippen LogP contribution in [0.5, 0.6) is 0 Å². The molecule has 0 saturated carbocycles. The Labute approximate surface area is 244 Å². The zero-order valence-electron chi connectivity index (χ0n) is 23.2. The maximum absolute atomic E-state index is 5.81. The van der Waals surface area contributed by atoms with Crippen molar-refractivity contribution >= 4 is 34.6 Å². The average molecular weight is 555 g/mol. The summed E-state index contributed by atoms with van der Waals surface area (Å²) in [6.45, 7) is 4.01. The van der Waals surface area contributed by atoms with E-state index in [1.54, 1.807) is 37.2 Å². The lowest BCUT2D eigenvalue weighted by Crippen LogP contribution is -2.00. The molecule has 0 aliphatic carbocycles. The van der Waals surface area contributed by atoms with Gasteiger partial charge in [-0.25, -0.2) is 19.9 Å². The Balaban J connectivity index is 0.000000168. The van der Waals surface area contributed by atoms with Gasteiger partial charge in [0, 0.05) is 71.1 Å². The third-order valence-corrected chi connectivity index (χ3v) is 6.24. The SMILES string of the molecule is Cc1ccc(N)cc1Nc1nccc(-c2cccnc2)n1.Cc1ccc(N)cc1Nc1nccc(-c2cccnc2)n1. The van der Waals surface area contributed by atoms with Crippen molar-refractivity contribution in [3.05, 3.63) is 121 Å². The minimum atomic E-state index is 0.532. The van der Waals surface area contributed by atoms with Crippen LogP contribution in [0, 0.1) is 13.8 Å². The van der Waals surface area contributed by atoms with E-state index < -0.39 is 0 Å². The van der Waals surface area contributed by atoms with Crippen LogP contribution in [-0.2, 0) is 0 Å². The van der Waals surface area contributed by atoms with Crippen LogP contribution in [0.4, 0.5) is 34.6 Å². The third kappa shape index (κ3) is 7.19. The molecule has 4 aromatic heterocycles. The highest BCUT2D eigenvalue weighted by Crippen LogP contribution is 2.24. The number of nitrogens with zero attached hydrogens (tertiary/aromatic N) is 6. The number of benzene rings is 2. The van der Waals surface area contributed by atoms with Crippen LogP contribution in [0.25, 0.3) is 22.5 Å². The van der Waals surface area contributed by atoms with E-state index in [0.717, 1.165) is 45.0 Å². The first-order valence-electron chi connectivity index (χ1n) is 13.2. The molecule has 0 aliphatic heterocycles.